The zero-order chi connectivity index (χ0) is 19.0. The minimum Gasteiger partial charge on any atom is -0.488 e. The predicted octanol–water partition coefficient (Wildman–Crippen LogP) is 2.45. The fraction of sp³-hybridized carbons (Fsp3) is 0.667. The smallest absolute Gasteiger partial charge is 0.133 e. The lowest BCUT2D eigenvalue weighted by atomic mass is 9.89. The van der Waals surface area contributed by atoms with Crippen LogP contribution < -0.4 is 15.4 Å². The predicted molar refractivity (Wildman–Crippen MR) is 107 cm³/mol. The van der Waals surface area contributed by atoms with Crippen LogP contribution in [0, 0.1) is 5.92 Å². The highest BCUT2D eigenvalue weighted by atomic mass is 16.5. The molecule has 1 aromatic carbocycles. The molecule has 1 fully saturated rings. The van der Waals surface area contributed by atoms with Crippen LogP contribution >= 0.6 is 0 Å². The summed E-state index contributed by atoms with van der Waals surface area (Å²) in [4.78, 5) is 13.0. The Balaban J connectivity index is 1.83. The molecule has 0 saturated carbocycles. The van der Waals surface area contributed by atoms with Gasteiger partial charge in [0.1, 0.15) is 17.6 Å². The molecule has 1 aromatic rings. The second kappa shape index (κ2) is 10.0. The third-order valence-electron chi connectivity index (χ3n) is 4.89. The SMILES string of the molecule is CNC(CNCC=O)C1CCN(Cc2cccc(OC(C)(C)C)c2)CC1. The summed E-state index contributed by atoms with van der Waals surface area (Å²) in [5, 5.41) is 6.61. The van der Waals surface area contributed by atoms with E-state index in [-0.39, 0.29) is 5.60 Å². The number of likely N-dealkylation sites (tertiary alicyclic amines) is 1. The number of ether oxygens (including phenoxy) is 1. The second-order valence-electron chi connectivity index (χ2n) is 8.20. The molecule has 1 aliphatic rings. The summed E-state index contributed by atoms with van der Waals surface area (Å²) in [5.74, 6) is 1.60. The van der Waals surface area contributed by atoms with Crippen LogP contribution in [0.1, 0.15) is 39.2 Å². The van der Waals surface area contributed by atoms with Crippen molar-refractivity contribution in [3.8, 4) is 5.75 Å². The molecule has 5 heteroatoms. The van der Waals surface area contributed by atoms with Crippen molar-refractivity contribution in [1.29, 1.82) is 0 Å². The molecule has 0 radical (unpaired) electrons. The lowest BCUT2D eigenvalue weighted by molar-refractivity contribution is -0.107. The van der Waals surface area contributed by atoms with Crippen molar-refractivity contribution < 1.29 is 9.53 Å². The summed E-state index contributed by atoms with van der Waals surface area (Å²) >= 11 is 0. The zero-order valence-electron chi connectivity index (χ0n) is 16.8. The summed E-state index contributed by atoms with van der Waals surface area (Å²) in [5.41, 5.74) is 1.14. The molecule has 0 aromatic heterocycles. The van der Waals surface area contributed by atoms with Crippen LogP contribution in [0.3, 0.4) is 0 Å². The Kier molecular flexibility index (Phi) is 8.07. The third-order valence-corrected chi connectivity index (χ3v) is 4.89. The Morgan fingerprint density at radius 3 is 2.65 bits per heavy atom. The van der Waals surface area contributed by atoms with Gasteiger partial charge in [-0.05, 0) is 77.4 Å². The molecule has 0 aliphatic carbocycles. The molecular formula is C21H35N3O2. The molecule has 1 heterocycles. The lowest BCUT2D eigenvalue weighted by Gasteiger charge is -2.36. The summed E-state index contributed by atoms with van der Waals surface area (Å²) in [6, 6.07) is 8.89. The van der Waals surface area contributed by atoms with Crippen LogP contribution in [0.5, 0.6) is 5.75 Å². The van der Waals surface area contributed by atoms with Gasteiger partial charge < -0.3 is 20.2 Å². The van der Waals surface area contributed by atoms with Crippen molar-refractivity contribution in [2.75, 3.05) is 33.2 Å². The Hall–Kier alpha value is -1.43. The van der Waals surface area contributed by atoms with E-state index in [4.69, 9.17) is 4.74 Å². The lowest BCUT2D eigenvalue weighted by Crippen LogP contribution is -2.47. The van der Waals surface area contributed by atoms with Crippen LogP contribution in [0.15, 0.2) is 24.3 Å². The standard InChI is InChI=1S/C21H35N3O2/c1-21(2,3)26-19-7-5-6-17(14-19)16-24-11-8-18(9-12-24)20(22-4)15-23-10-13-25/h5-7,13-14,18,20,22-23H,8-12,15-16H2,1-4H3. The largest absolute Gasteiger partial charge is 0.488 e. The number of rotatable bonds is 9. The van der Waals surface area contributed by atoms with E-state index < -0.39 is 0 Å². The molecule has 0 spiro atoms. The molecule has 1 saturated heterocycles. The highest BCUT2D eigenvalue weighted by Gasteiger charge is 2.25. The first-order valence-corrected chi connectivity index (χ1v) is 9.73. The van der Waals surface area contributed by atoms with Gasteiger partial charge in [-0.15, -0.1) is 0 Å². The average molecular weight is 362 g/mol. The first kappa shape index (κ1) is 20.9. The Bertz CT molecular complexity index is 548. The number of likely N-dealkylation sites (N-methyl/N-ethyl adjacent to an activating group) is 1. The normalized spacial score (nSPS) is 17.8. The van der Waals surface area contributed by atoms with Crippen molar-refractivity contribution in [3.63, 3.8) is 0 Å². The van der Waals surface area contributed by atoms with Gasteiger partial charge in [0.15, 0.2) is 0 Å². The summed E-state index contributed by atoms with van der Waals surface area (Å²) in [7, 11) is 2.01. The first-order valence-electron chi connectivity index (χ1n) is 9.73. The van der Waals surface area contributed by atoms with Crippen molar-refractivity contribution in [2.45, 2.75) is 51.8 Å². The molecule has 1 unspecified atom stereocenters. The maximum atomic E-state index is 10.5. The Labute approximate surface area is 158 Å². The number of piperidine rings is 1. The summed E-state index contributed by atoms with van der Waals surface area (Å²) in [6.07, 6.45) is 3.30. The van der Waals surface area contributed by atoms with E-state index in [0.717, 1.165) is 38.2 Å². The van der Waals surface area contributed by atoms with E-state index in [0.29, 0.717) is 18.5 Å². The summed E-state index contributed by atoms with van der Waals surface area (Å²) < 4.78 is 5.98. The second-order valence-corrected chi connectivity index (χ2v) is 8.20. The number of aldehydes is 1. The molecule has 0 bridgehead atoms. The fourth-order valence-electron chi connectivity index (χ4n) is 3.63. The number of nitrogens with zero attached hydrogens (tertiary/aromatic N) is 1. The molecule has 2 N–H and O–H groups in total. The molecule has 1 atom stereocenters. The Morgan fingerprint density at radius 1 is 1.31 bits per heavy atom. The zero-order valence-corrected chi connectivity index (χ0v) is 16.8. The Morgan fingerprint density at radius 2 is 2.04 bits per heavy atom. The van der Waals surface area contributed by atoms with Crippen molar-refractivity contribution in [3.05, 3.63) is 29.8 Å². The van der Waals surface area contributed by atoms with Crippen molar-refractivity contribution in [2.24, 2.45) is 5.92 Å². The maximum absolute atomic E-state index is 10.5. The van der Waals surface area contributed by atoms with Crippen LogP contribution in [0.2, 0.25) is 0 Å². The van der Waals surface area contributed by atoms with Gasteiger partial charge in [-0.25, -0.2) is 0 Å². The number of carbonyl (C=O) groups excluding carboxylic acids is 1. The van der Waals surface area contributed by atoms with Crippen molar-refractivity contribution in [1.82, 2.24) is 15.5 Å². The molecule has 26 heavy (non-hydrogen) atoms. The third kappa shape index (κ3) is 7.06. The highest BCUT2D eigenvalue weighted by molar-refractivity contribution is 5.51. The minimum absolute atomic E-state index is 0.170. The van der Waals surface area contributed by atoms with Gasteiger partial charge in [0, 0.05) is 19.1 Å². The van der Waals surface area contributed by atoms with Crippen molar-refractivity contribution >= 4 is 6.29 Å². The number of carbonyl (C=O) groups is 1. The average Bonchev–Trinajstić information content (AvgIpc) is 2.59. The molecule has 1 aliphatic heterocycles. The molecule has 2 rings (SSSR count). The van der Waals surface area contributed by atoms with Gasteiger partial charge in [-0.3, -0.25) is 4.90 Å². The van der Waals surface area contributed by atoms with E-state index in [1.165, 1.54) is 18.4 Å². The van der Waals surface area contributed by atoms with Gasteiger partial charge in [-0.1, -0.05) is 12.1 Å². The number of hydrogen-bond donors (Lipinski definition) is 2. The van der Waals surface area contributed by atoms with Crippen LogP contribution in [-0.2, 0) is 11.3 Å². The van der Waals surface area contributed by atoms with E-state index >= 15 is 0 Å². The van der Waals surface area contributed by atoms with E-state index in [1.807, 2.05) is 13.1 Å². The van der Waals surface area contributed by atoms with Crippen LogP contribution in [0.4, 0.5) is 0 Å². The number of nitrogens with one attached hydrogen (secondary N) is 2. The van der Waals surface area contributed by atoms with Gasteiger partial charge in [0.05, 0.1) is 6.54 Å². The van der Waals surface area contributed by atoms with Crippen LogP contribution in [0.25, 0.3) is 0 Å². The molecule has 5 nitrogen and oxygen atoms in total. The van der Waals surface area contributed by atoms with Gasteiger partial charge in [0.2, 0.25) is 0 Å². The van der Waals surface area contributed by atoms with Gasteiger partial charge >= 0.3 is 0 Å². The molecular weight excluding hydrogens is 326 g/mol. The topological polar surface area (TPSA) is 53.6 Å². The minimum atomic E-state index is -0.170. The molecule has 146 valence electrons. The van der Waals surface area contributed by atoms with Crippen LogP contribution in [-0.4, -0.2) is 56.1 Å². The molecule has 0 amide bonds. The number of hydrogen-bond acceptors (Lipinski definition) is 5. The highest BCUT2D eigenvalue weighted by Crippen LogP contribution is 2.24. The quantitative estimate of drug-likeness (QED) is 0.523. The fourth-order valence-corrected chi connectivity index (χ4v) is 3.63. The van der Waals surface area contributed by atoms with E-state index in [2.05, 4.69) is 54.5 Å². The maximum Gasteiger partial charge on any atom is 0.133 e. The van der Waals surface area contributed by atoms with Gasteiger partial charge in [-0.2, -0.15) is 0 Å². The summed E-state index contributed by atoms with van der Waals surface area (Å²) in [6.45, 7) is 10.7. The van der Waals surface area contributed by atoms with E-state index in [9.17, 15) is 4.79 Å². The first-order chi connectivity index (χ1) is 12.4. The van der Waals surface area contributed by atoms with E-state index in [1.54, 1.807) is 0 Å². The number of benzene rings is 1. The van der Waals surface area contributed by atoms with Gasteiger partial charge in [0.25, 0.3) is 0 Å². The monoisotopic (exact) mass is 361 g/mol.